The molecule has 4 rings (SSSR count). The summed E-state index contributed by atoms with van der Waals surface area (Å²) >= 11 is 0. The number of nitrogens with one attached hydrogen (secondary N) is 2. The summed E-state index contributed by atoms with van der Waals surface area (Å²) in [4.78, 5) is 32.0. The summed E-state index contributed by atoms with van der Waals surface area (Å²) in [5, 5.41) is 6.26. The summed E-state index contributed by atoms with van der Waals surface area (Å²) in [6.07, 6.45) is 7.30. The van der Waals surface area contributed by atoms with Gasteiger partial charge in [0.2, 0.25) is 11.8 Å². The first-order valence-electron chi connectivity index (χ1n) is 14.5. The van der Waals surface area contributed by atoms with Crippen molar-refractivity contribution in [1.29, 1.82) is 0 Å². The Hall–Kier alpha value is -3.91. The van der Waals surface area contributed by atoms with Gasteiger partial charge in [0.25, 0.3) is 0 Å². The van der Waals surface area contributed by atoms with Gasteiger partial charge in [-0.3, -0.25) is 19.5 Å². The van der Waals surface area contributed by atoms with Crippen LogP contribution in [0.25, 0.3) is 0 Å². The lowest BCUT2D eigenvalue weighted by molar-refractivity contribution is -0.123. The maximum atomic E-state index is 13.2. The fourth-order valence-electron chi connectivity index (χ4n) is 4.95. The predicted molar refractivity (Wildman–Crippen MR) is 160 cm³/mol. The molecule has 0 aliphatic carbocycles. The van der Waals surface area contributed by atoms with E-state index in [4.69, 9.17) is 9.47 Å². The topological polar surface area (TPSA) is 92.8 Å². The summed E-state index contributed by atoms with van der Waals surface area (Å²) < 4.78 is 11.5. The number of hydrogen-bond acceptors (Lipinski definition) is 6. The molecule has 0 saturated heterocycles. The highest BCUT2D eigenvalue weighted by molar-refractivity contribution is 5.78. The number of pyridine rings is 1. The Morgan fingerprint density at radius 3 is 2.51 bits per heavy atom. The minimum absolute atomic E-state index is 0.0385. The summed E-state index contributed by atoms with van der Waals surface area (Å²) in [6.45, 7) is 6.48. The Morgan fingerprint density at radius 1 is 1.02 bits per heavy atom. The monoisotopic (exact) mass is 558 g/mol. The zero-order chi connectivity index (χ0) is 29.0. The molecule has 2 aromatic carbocycles. The molecule has 1 aliphatic heterocycles. The minimum Gasteiger partial charge on any atom is -0.497 e. The molecule has 1 unspecified atom stereocenters. The van der Waals surface area contributed by atoms with Crippen molar-refractivity contribution in [2.75, 3.05) is 26.8 Å². The molecular formula is C33H42N4O4. The molecule has 1 atom stereocenters. The first kappa shape index (κ1) is 30.1. The van der Waals surface area contributed by atoms with E-state index in [1.165, 1.54) is 0 Å². The number of amides is 2. The number of hydrogen-bond donors (Lipinski definition) is 2. The molecule has 3 aromatic rings. The maximum Gasteiger partial charge on any atom is 0.234 e. The second-order valence-corrected chi connectivity index (χ2v) is 10.8. The van der Waals surface area contributed by atoms with Gasteiger partial charge in [-0.05, 0) is 86.6 Å². The van der Waals surface area contributed by atoms with E-state index in [9.17, 15) is 9.59 Å². The van der Waals surface area contributed by atoms with Gasteiger partial charge in [0.15, 0.2) is 0 Å². The van der Waals surface area contributed by atoms with E-state index in [-0.39, 0.29) is 23.9 Å². The number of nitrogens with zero attached hydrogens (tertiary/aromatic N) is 2. The standard InChI is InChI=1S/C33H42N4O4/c1-24(2)37-22-28-21-25(7-13-30(28)41-20-6-4-5-17-35-32(39)23-37)8-14-31(38)36-33(27-15-18-34-19-16-27)26-9-11-29(40-3)12-10-26/h7,9-13,15-16,18-19,21,24,33H,4-6,8,14,17,20,22-23H2,1-3H3,(H,35,39)(H,36,38). The van der Waals surface area contributed by atoms with Crippen molar-refractivity contribution >= 4 is 11.8 Å². The molecular weight excluding hydrogens is 516 g/mol. The minimum atomic E-state index is -0.295. The fraction of sp³-hybridized carbons (Fsp3) is 0.424. The van der Waals surface area contributed by atoms with Crippen LogP contribution in [0.2, 0.25) is 0 Å². The number of benzene rings is 2. The van der Waals surface area contributed by atoms with Crippen molar-refractivity contribution in [2.24, 2.45) is 0 Å². The molecule has 218 valence electrons. The van der Waals surface area contributed by atoms with Gasteiger partial charge >= 0.3 is 0 Å². The molecule has 8 nitrogen and oxygen atoms in total. The highest BCUT2D eigenvalue weighted by Gasteiger charge is 2.20. The van der Waals surface area contributed by atoms with Crippen LogP contribution in [-0.4, -0.2) is 54.5 Å². The molecule has 1 aromatic heterocycles. The number of aryl methyl sites for hydroxylation is 1. The van der Waals surface area contributed by atoms with Crippen LogP contribution in [-0.2, 0) is 22.6 Å². The van der Waals surface area contributed by atoms with E-state index in [2.05, 4.69) is 40.4 Å². The number of fused-ring (bicyclic) bond motifs is 1. The number of ether oxygens (including phenoxy) is 2. The number of rotatable bonds is 8. The lowest BCUT2D eigenvalue weighted by Gasteiger charge is -2.27. The molecule has 0 fully saturated rings. The second-order valence-electron chi connectivity index (χ2n) is 10.8. The van der Waals surface area contributed by atoms with Gasteiger partial charge in [0, 0.05) is 43.5 Å². The highest BCUT2D eigenvalue weighted by Crippen LogP contribution is 2.26. The average molecular weight is 559 g/mol. The van der Waals surface area contributed by atoms with Crippen LogP contribution < -0.4 is 20.1 Å². The zero-order valence-corrected chi connectivity index (χ0v) is 24.4. The van der Waals surface area contributed by atoms with Gasteiger partial charge in [0.1, 0.15) is 11.5 Å². The number of carbonyl (C=O) groups is 2. The molecule has 8 heteroatoms. The Kier molecular flexibility index (Phi) is 11.1. The molecule has 1 aliphatic rings. The van der Waals surface area contributed by atoms with Crippen molar-refractivity contribution in [3.05, 3.63) is 89.2 Å². The van der Waals surface area contributed by atoms with Gasteiger partial charge in [-0.2, -0.15) is 0 Å². The van der Waals surface area contributed by atoms with Crippen LogP contribution in [0.1, 0.15) is 67.8 Å². The van der Waals surface area contributed by atoms with E-state index in [1.807, 2.05) is 48.5 Å². The van der Waals surface area contributed by atoms with Crippen LogP contribution in [0, 0.1) is 0 Å². The number of aromatic nitrogens is 1. The van der Waals surface area contributed by atoms with E-state index in [1.54, 1.807) is 19.5 Å². The second kappa shape index (κ2) is 15.2. The number of carbonyl (C=O) groups excluding carboxylic acids is 2. The third kappa shape index (κ3) is 9.05. The highest BCUT2D eigenvalue weighted by atomic mass is 16.5. The molecule has 2 N–H and O–H groups in total. The largest absolute Gasteiger partial charge is 0.497 e. The molecule has 0 saturated carbocycles. The lowest BCUT2D eigenvalue weighted by atomic mass is 9.98. The van der Waals surface area contributed by atoms with Crippen molar-refractivity contribution in [1.82, 2.24) is 20.5 Å². The van der Waals surface area contributed by atoms with Gasteiger partial charge in [-0.1, -0.05) is 24.3 Å². The SMILES string of the molecule is COc1ccc(C(NC(=O)CCc2ccc3c(c2)CN(C(C)C)CC(=O)NCCCCCO3)c2ccncc2)cc1. The summed E-state index contributed by atoms with van der Waals surface area (Å²) in [5.74, 6) is 1.62. The van der Waals surface area contributed by atoms with E-state index in [0.717, 1.165) is 53.0 Å². The average Bonchev–Trinajstić information content (AvgIpc) is 3.00. The third-order valence-electron chi connectivity index (χ3n) is 7.41. The smallest absolute Gasteiger partial charge is 0.234 e. The molecule has 2 amide bonds. The van der Waals surface area contributed by atoms with Gasteiger partial charge in [0.05, 0.1) is 26.3 Å². The quantitative estimate of drug-likeness (QED) is 0.412. The Balaban J connectivity index is 1.47. The van der Waals surface area contributed by atoms with Crippen molar-refractivity contribution < 1.29 is 19.1 Å². The summed E-state index contributed by atoms with van der Waals surface area (Å²) in [6, 6.07) is 17.6. The predicted octanol–water partition coefficient (Wildman–Crippen LogP) is 4.82. The Labute approximate surface area is 243 Å². The van der Waals surface area contributed by atoms with Crippen molar-refractivity contribution in [3.63, 3.8) is 0 Å². The van der Waals surface area contributed by atoms with Crippen LogP contribution >= 0.6 is 0 Å². The van der Waals surface area contributed by atoms with Crippen LogP contribution in [0.5, 0.6) is 11.5 Å². The lowest BCUT2D eigenvalue weighted by Crippen LogP contribution is -2.40. The molecule has 41 heavy (non-hydrogen) atoms. The molecule has 0 radical (unpaired) electrons. The van der Waals surface area contributed by atoms with Gasteiger partial charge in [-0.25, -0.2) is 0 Å². The Bertz CT molecular complexity index is 1260. The van der Waals surface area contributed by atoms with Crippen LogP contribution in [0.3, 0.4) is 0 Å². The third-order valence-corrected chi connectivity index (χ3v) is 7.41. The zero-order valence-electron chi connectivity index (χ0n) is 24.4. The van der Waals surface area contributed by atoms with Crippen molar-refractivity contribution in [3.8, 4) is 11.5 Å². The van der Waals surface area contributed by atoms with E-state index in [0.29, 0.717) is 39.1 Å². The van der Waals surface area contributed by atoms with Gasteiger partial charge < -0.3 is 20.1 Å². The summed E-state index contributed by atoms with van der Waals surface area (Å²) in [7, 11) is 1.64. The number of methoxy groups -OCH3 is 1. The molecule has 2 heterocycles. The van der Waals surface area contributed by atoms with E-state index < -0.39 is 0 Å². The fourth-order valence-corrected chi connectivity index (χ4v) is 4.95. The molecule has 0 spiro atoms. The van der Waals surface area contributed by atoms with E-state index >= 15 is 0 Å². The summed E-state index contributed by atoms with van der Waals surface area (Å²) in [5.41, 5.74) is 4.03. The normalized spacial score (nSPS) is 15.8. The van der Waals surface area contributed by atoms with Gasteiger partial charge in [-0.15, -0.1) is 0 Å². The van der Waals surface area contributed by atoms with Crippen LogP contribution in [0.4, 0.5) is 0 Å². The van der Waals surface area contributed by atoms with Crippen LogP contribution in [0.15, 0.2) is 67.0 Å². The first-order valence-corrected chi connectivity index (χ1v) is 14.5. The maximum absolute atomic E-state index is 13.2. The first-order chi connectivity index (χ1) is 19.9. The molecule has 0 bridgehead atoms. The Morgan fingerprint density at radius 2 is 1.78 bits per heavy atom. The van der Waals surface area contributed by atoms with Crippen molar-refractivity contribution in [2.45, 2.75) is 64.6 Å².